The van der Waals surface area contributed by atoms with Gasteiger partial charge in [-0.05, 0) is 24.8 Å². The number of anilines is 1. The summed E-state index contributed by atoms with van der Waals surface area (Å²) < 4.78 is 9.86. The molecule has 0 amide bonds. The molecule has 1 rings (SSSR count). The maximum atomic E-state index is 11.7. The van der Waals surface area contributed by atoms with Crippen LogP contribution in [0.3, 0.4) is 0 Å². The third-order valence-corrected chi connectivity index (χ3v) is 2.96. The Morgan fingerprint density at radius 3 is 2.65 bits per heavy atom. The number of nitrogen functional groups attached to an aromatic ring is 1. The SMILES string of the molecule is CCOC(=O)C(CC)OC(=O)c1sccc1N. The first kappa shape index (κ1) is 13.5. The van der Waals surface area contributed by atoms with Crippen LogP contribution in [0.25, 0.3) is 0 Å². The first-order chi connectivity index (χ1) is 8.10. The van der Waals surface area contributed by atoms with Gasteiger partial charge in [0.2, 0.25) is 0 Å². The molecule has 5 nitrogen and oxygen atoms in total. The number of carbonyl (C=O) groups excluding carboxylic acids is 2. The van der Waals surface area contributed by atoms with Gasteiger partial charge in [0, 0.05) is 0 Å². The number of nitrogens with two attached hydrogens (primary N) is 1. The summed E-state index contributed by atoms with van der Waals surface area (Å²) in [5.74, 6) is -1.11. The van der Waals surface area contributed by atoms with E-state index in [1.165, 1.54) is 11.3 Å². The minimum atomic E-state index is -0.871. The highest BCUT2D eigenvalue weighted by atomic mass is 32.1. The molecule has 0 aliphatic rings. The van der Waals surface area contributed by atoms with Gasteiger partial charge in [0.25, 0.3) is 0 Å². The normalized spacial score (nSPS) is 11.9. The molecule has 1 unspecified atom stereocenters. The molecular weight excluding hydrogens is 242 g/mol. The van der Waals surface area contributed by atoms with Gasteiger partial charge >= 0.3 is 11.9 Å². The minimum Gasteiger partial charge on any atom is -0.463 e. The lowest BCUT2D eigenvalue weighted by molar-refractivity contribution is -0.153. The number of ether oxygens (including phenoxy) is 2. The summed E-state index contributed by atoms with van der Waals surface area (Å²) in [6.45, 7) is 3.70. The number of carbonyl (C=O) groups is 2. The van der Waals surface area contributed by atoms with Gasteiger partial charge in [-0.1, -0.05) is 6.92 Å². The van der Waals surface area contributed by atoms with Crippen LogP contribution in [0.4, 0.5) is 5.69 Å². The maximum absolute atomic E-state index is 11.7. The fourth-order valence-electron chi connectivity index (χ4n) is 1.20. The Hall–Kier alpha value is -1.56. The number of esters is 2. The van der Waals surface area contributed by atoms with E-state index in [0.717, 1.165) is 0 Å². The smallest absolute Gasteiger partial charge is 0.351 e. The van der Waals surface area contributed by atoms with Crippen LogP contribution in [-0.2, 0) is 14.3 Å². The molecule has 94 valence electrons. The Balaban J connectivity index is 2.66. The lowest BCUT2D eigenvalue weighted by Gasteiger charge is -2.14. The first-order valence-electron chi connectivity index (χ1n) is 5.30. The molecule has 6 heteroatoms. The minimum absolute atomic E-state index is 0.258. The van der Waals surface area contributed by atoms with Crippen molar-refractivity contribution in [2.45, 2.75) is 26.4 Å². The molecular formula is C11H15NO4S. The van der Waals surface area contributed by atoms with Gasteiger partial charge in [-0.3, -0.25) is 0 Å². The van der Waals surface area contributed by atoms with Crippen LogP contribution in [0.2, 0.25) is 0 Å². The second-order valence-corrected chi connectivity index (χ2v) is 4.18. The van der Waals surface area contributed by atoms with Gasteiger partial charge in [0.15, 0.2) is 6.10 Å². The van der Waals surface area contributed by atoms with E-state index in [9.17, 15) is 9.59 Å². The van der Waals surface area contributed by atoms with Gasteiger partial charge in [-0.15, -0.1) is 11.3 Å². The van der Waals surface area contributed by atoms with Crippen molar-refractivity contribution in [3.63, 3.8) is 0 Å². The molecule has 0 aromatic carbocycles. The number of rotatable bonds is 5. The van der Waals surface area contributed by atoms with Gasteiger partial charge in [-0.25, -0.2) is 9.59 Å². The van der Waals surface area contributed by atoms with Crippen LogP contribution in [0.1, 0.15) is 29.9 Å². The Bertz CT molecular complexity index is 402. The summed E-state index contributed by atoms with van der Waals surface area (Å²) in [6.07, 6.45) is -0.500. The zero-order chi connectivity index (χ0) is 12.8. The third kappa shape index (κ3) is 3.45. The van der Waals surface area contributed by atoms with Crippen LogP contribution in [0, 0.1) is 0 Å². The highest BCUT2D eigenvalue weighted by molar-refractivity contribution is 7.12. The monoisotopic (exact) mass is 257 g/mol. The highest BCUT2D eigenvalue weighted by Crippen LogP contribution is 2.20. The molecule has 1 aromatic heterocycles. The van der Waals surface area contributed by atoms with Crippen molar-refractivity contribution >= 4 is 29.0 Å². The fraction of sp³-hybridized carbons (Fsp3) is 0.455. The van der Waals surface area contributed by atoms with E-state index in [-0.39, 0.29) is 6.61 Å². The second kappa shape index (κ2) is 6.24. The van der Waals surface area contributed by atoms with E-state index in [1.807, 2.05) is 0 Å². The molecule has 0 radical (unpaired) electrons. The fourth-order valence-corrected chi connectivity index (χ4v) is 1.90. The molecule has 0 saturated heterocycles. The summed E-state index contributed by atoms with van der Waals surface area (Å²) in [7, 11) is 0. The molecule has 0 aliphatic heterocycles. The predicted molar refractivity (Wildman–Crippen MR) is 64.9 cm³/mol. The zero-order valence-corrected chi connectivity index (χ0v) is 10.6. The average molecular weight is 257 g/mol. The van der Waals surface area contributed by atoms with Gasteiger partial charge in [-0.2, -0.15) is 0 Å². The summed E-state index contributed by atoms with van der Waals surface area (Å²) in [6, 6.07) is 1.62. The van der Waals surface area contributed by atoms with E-state index in [2.05, 4.69) is 0 Å². The Kier molecular flexibility index (Phi) is 4.96. The molecule has 0 fully saturated rings. The molecule has 0 spiro atoms. The van der Waals surface area contributed by atoms with Crippen molar-refractivity contribution < 1.29 is 19.1 Å². The third-order valence-electron chi connectivity index (χ3n) is 2.05. The van der Waals surface area contributed by atoms with Crippen molar-refractivity contribution in [1.82, 2.24) is 0 Å². The van der Waals surface area contributed by atoms with Crippen LogP contribution in [0.15, 0.2) is 11.4 Å². The molecule has 1 heterocycles. The van der Waals surface area contributed by atoms with Crippen LogP contribution in [0.5, 0.6) is 0 Å². The lowest BCUT2D eigenvalue weighted by Crippen LogP contribution is -2.28. The largest absolute Gasteiger partial charge is 0.463 e. The molecule has 0 saturated carbocycles. The topological polar surface area (TPSA) is 78.6 Å². The standard InChI is InChI=1S/C11H15NO4S/c1-3-8(10(13)15-4-2)16-11(14)9-7(12)5-6-17-9/h5-6,8H,3-4,12H2,1-2H3. The summed E-state index contributed by atoms with van der Waals surface area (Å²) in [4.78, 5) is 23.5. The summed E-state index contributed by atoms with van der Waals surface area (Å²) in [5.41, 5.74) is 5.95. The summed E-state index contributed by atoms with van der Waals surface area (Å²) >= 11 is 1.18. The lowest BCUT2D eigenvalue weighted by atomic mass is 10.3. The second-order valence-electron chi connectivity index (χ2n) is 3.26. The number of thiophene rings is 1. The molecule has 0 bridgehead atoms. The quantitative estimate of drug-likeness (QED) is 0.814. The number of hydrogen-bond acceptors (Lipinski definition) is 6. The van der Waals surface area contributed by atoms with Crippen molar-refractivity contribution in [2.24, 2.45) is 0 Å². The summed E-state index contributed by atoms with van der Waals surface area (Å²) in [5, 5.41) is 1.69. The first-order valence-corrected chi connectivity index (χ1v) is 6.18. The van der Waals surface area contributed by atoms with Crippen LogP contribution in [-0.4, -0.2) is 24.6 Å². The van der Waals surface area contributed by atoms with E-state index < -0.39 is 18.0 Å². The predicted octanol–water partition coefficient (Wildman–Crippen LogP) is 1.83. The molecule has 2 N–H and O–H groups in total. The van der Waals surface area contributed by atoms with Crippen LogP contribution < -0.4 is 5.73 Å². The van der Waals surface area contributed by atoms with Crippen molar-refractivity contribution in [2.75, 3.05) is 12.3 Å². The van der Waals surface area contributed by atoms with Gasteiger partial charge in [0.1, 0.15) is 4.88 Å². The van der Waals surface area contributed by atoms with Crippen LogP contribution >= 0.6 is 11.3 Å². The Labute approximate surface area is 104 Å². The average Bonchev–Trinajstić information content (AvgIpc) is 2.72. The van der Waals surface area contributed by atoms with Gasteiger partial charge in [0.05, 0.1) is 12.3 Å². The molecule has 1 aromatic rings. The Morgan fingerprint density at radius 2 is 2.18 bits per heavy atom. The van der Waals surface area contributed by atoms with E-state index in [1.54, 1.807) is 25.3 Å². The van der Waals surface area contributed by atoms with Crippen molar-refractivity contribution in [1.29, 1.82) is 0 Å². The molecule has 0 aliphatic carbocycles. The van der Waals surface area contributed by atoms with E-state index in [0.29, 0.717) is 17.0 Å². The van der Waals surface area contributed by atoms with E-state index in [4.69, 9.17) is 15.2 Å². The highest BCUT2D eigenvalue weighted by Gasteiger charge is 2.24. The zero-order valence-electron chi connectivity index (χ0n) is 9.76. The van der Waals surface area contributed by atoms with Crippen molar-refractivity contribution in [3.05, 3.63) is 16.3 Å². The van der Waals surface area contributed by atoms with Crippen molar-refractivity contribution in [3.8, 4) is 0 Å². The van der Waals surface area contributed by atoms with Gasteiger partial charge < -0.3 is 15.2 Å². The maximum Gasteiger partial charge on any atom is 0.351 e. The van der Waals surface area contributed by atoms with E-state index >= 15 is 0 Å². The molecule has 1 atom stereocenters. The number of hydrogen-bond donors (Lipinski definition) is 1. The Morgan fingerprint density at radius 1 is 1.47 bits per heavy atom. The molecule has 17 heavy (non-hydrogen) atoms.